The summed E-state index contributed by atoms with van der Waals surface area (Å²) in [5.74, 6) is -1.10. The lowest BCUT2D eigenvalue weighted by atomic mass is 10.1. The average molecular weight is 380 g/mol. The molecule has 2 aromatic carbocycles. The van der Waals surface area contributed by atoms with Crippen molar-refractivity contribution in [2.75, 3.05) is 5.75 Å². The molecule has 0 bridgehead atoms. The van der Waals surface area contributed by atoms with Crippen molar-refractivity contribution < 1.29 is 18.3 Å². The van der Waals surface area contributed by atoms with Gasteiger partial charge in [0, 0.05) is 21.9 Å². The summed E-state index contributed by atoms with van der Waals surface area (Å²) in [5.41, 5.74) is 2.65. The van der Waals surface area contributed by atoms with Gasteiger partial charge in [-0.3, -0.25) is 0 Å². The van der Waals surface area contributed by atoms with Crippen LogP contribution in [-0.4, -0.2) is 35.2 Å². The van der Waals surface area contributed by atoms with Crippen LogP contribution < -0.4 is 0 Å². The maximum Gasteiger partial charge on any atom is 0.354 e. The number of nitrogens with one attached hydrogen (secondary N) is 1. The summed E-state index contributed by atoms with van der Waals surface area (Å²) >= 11 is 0. The van der Waals surface area contributed by atoms with Crippen LogP contribution >= 0.6 is 0 Å². The van der Waals surface area contributed by atoms with Gasteiger partial charge < -0.3 is 10.1 Å². The maximum absolute atomic E-state index is 12.0. The number of hydrogen-bond donors (Lipinski definition) is 2. The van der Waals surface area contributed by atoms with Gasteiger partial charge in [0.25, 0.3) is 0 Å². The van der Waals surface area contributed by atoms with Crippen molar-refractivity contribution in [3.8, 4) is 11.3 Å². The fourth-order valence-electron chi connectivity index (χ4n) is 3.15. The minimum absolute atomic E-state index is 0.0192. The number of hydrogen-bond acceptors (Lipinski definition) is 4. The number of rotatable bonds is 4. The Labute approximate surface area is 155 Å². The van der Waals surface area contributed by atoms with E-state index in [2.05, 4.69) is 9.97 Å². The number of para-hydroxylation sites is 1. The van der Waals surface area contributed by atoms with E-state index < -0.39 is 15.8 Å². The summed E-state index contributed by atoms with van der Waals surface area (Å²) in [5, 5.41) is 11.1. The number of fused-ring (bicyclic) bond motifs is 3. The van der Waals surface area contributed by atoms with Gasteiger partial charge in [-0.05, 0) is 24.3 Å². The van der Waals surface area contributed by atoms with Gasteiger partial charge in [0.2, 0.25) is 0 Å². The Morgan fingerprint density at radius 2 is 1.78 bits per heavy atom. The molecule has 0 spiro atoms. The first-order valence-corrected chi connectivity index (χ1v) is 10.0. The molecule has 136 valence electrons. The Balaban J connectivity index is 1.99. The molecule has 4 rings (SSSR count). The van der Waals surface area contributed by atoms with Crippen LogP contribution in [0.3, 0.4) is 0 Å². The zero-order valence-electron chi connectivity index (χ0n) is 14.4. The maximum atomic E-state index is 12.0. The van der Waals surface area contributed by atoms with Gasteiger partial charge in [-0.15, -0.1) is 0 Å². The van der Waals surface area contributed by atoms with E-state index in [0.29, 0.717) is 16.8 Å². The van der Waals surface area contributed by atoms with Crippen LogP contribution in [0.15, 0.2) is 59.5 Å². The molecule has 0 fully saturated rings. The fraction of sp³-hybridized carbons (Fsp3) is 0.100. The lowest BCUT2D eigenvalue weighted by Crippen LogP contribution is -2.04. The summed E-state index contributed by atoms with van der Waals surface area (Å²) in [4.78, 5) is 19.4. The summed E-state index contributed by atoms with van der Waals surface area (Å²) in [7, 11) is -3.30. The number of aromatic nitrogens is 2. The van der Waals surface area contributed by atoms with Crippen LogP contribution in [0.1, 0.15) is 17.4 Å². The van der Waals surface area contributed by atoms with Gasteiger partial charge in [-0.2, -0.15) is 0 Å². The molecule has 0 radical (unpaired) electrons. The standard InChI is InChI=1S/C20H16N2O4S/c1-2-27(25,26)13-9-7-12(8-10-13)18-19-15(11-17(22-18)20(23)24)14-5-3-4-6-16(14)21-19/h3-11,21H,2H2,1H3,(H,23,24). The lowest BCUT2D eigenvalue weighted by molar-refractivity contribution is 0.0691. The van der Waals surface area contributed by atoms with Gasteiger partial charge >= 0.3 is 5.97 Å². The highest BCUT2D eigenvalue weighted by molar-refractivity contribution is 7.91. The van der Waals surface area contributed by atoms with E-state index in [0.717, 1.165) is 16.3 Å². The number of aromatic carboxylic acids is 1. The van der Waals surface area contributed by atoms with Crippen LogP contribution in [0.2, 0.25) is 0 Å². The monoisotopic (exact) mass is 380 g/mol. The molecule has 0 saturated heterocycles. The van der Waals surface area contributed by atoms with Crippen LogP contribution in [0.5, 0.6) is 0 Å². The van der Waals surface area contributed by atoms with E-state index in [1.807, 2.05) is 24.3 Å². The highest BCUT2D eigenvalue weighted by atomic mass is 32.2. The molecule has 0 amide bonds. The molecule has 0 aliphatic rings. The first kappa shape index (κ1) is 17.2. The molecule has 2 heterocycles. The van der Waals surface area contributed by atoms with Crippen LogP contribution in [0.25, 0.3) is 33.1 Å². The van der Waals surface area contributed by atoms with Crippen molar-refractivity contribution in [2.24, 2.45) is 0 Å². The molecule has 0 atom stereocenters. The van der Waals surface area contributed by atoms with E-state index in [4.69, 9.17) is 0 Å². The zero-order valence-corrected chi connectivity index (χ0v) is 15.2. The molecule has 2 aromatic heterocycles. The number of sulfone groups is 1. The van der Waals surface area contributed by atoms with Crippen LogP contribution in [0, 0.1) is 0 Å². The third-order valence-corrected chi connectivity index (χ3v) is 6.33. The van der Waals surface area contributed by atoms with Gasteiger partial charge in [0.1, 0.15) is 5.69 Å². The van der Waals surface area contributed by atoms with Gasteiger partial charge in [0.05, 0.1) is 21.9 Å². The molecule has 7 heteroatoms. The average Bonchev–Trinajstić information content (AvgIpc) is 3.06. The van der Waals surface area contributed by atoms with Crippen molar-refractivity contribution in [3.63, 3.8) is 0 Å². The van der Waals surface area contributed by atoms with E-state index >= 15 is 0 Å². The molecular weight excluding hydrogens is 364 g/mol. The van der Waals surface area contributed by atoms with E-state index in [-0.39, 0.29) is 16.3 Å². The van der Waals surface area contributed by atoms with Crippen LogP contribution in [-0.2, 0) is 9.84 Å². The van der Waals surface area contributed by atoms with E-state index in [1.165, 1.54) is 12.1 Å². The molecule has 6 nitrogen and oxygen atoms in total. The second-order valence-corrected chi connectivity index (χ2v) is 8.46. The van der Waals surface area contributed by atoms with Crippen LogP contribution in [0.4, 0.5) is 0 Å². The highest BCUT2D eigenvalue weighted by Crippen LogP contribution is 2.33. The molecule has 0 saturated carbocycles. The molecule has 0 unspecified atom stereocenters. The smallest absolute Gasteiger partial charge is 0.354 e. The normalized spacial score (nSPS) is 11.9. The largest absolute Gasteiger partial charge is 0.477 e. The third kappa shape index (κ3) is 2.86. The fourth-order valence-corrected chi connectivity index (χ4v) is 4.04. The Bertz CT molecular complexity index is 1290. The number of benzene rings is 2. The topological polar surface area (TPSA) is 100 Å². The molecular formula is C20H16N2O4S. The Hall–Kier alpha value is -3.19. The van der Waals surface area contributed by atoms with Gasteiger partial charge in [0.15, 0.2) is 9.84 Å². The highest BCUT2D eigenvalue weighted by Gasteiger charge is 2.17. The SMILES string of the molecule is CCS(=O)(=O)c1ccc(-c2nc(C(=O)O)cc3c2[nH]c2ccccc23)cc1. The lowest BCUT2D eigenvalue weighted by Gasteiger charge is -2.07. The molecule has 4 aromatic rings. The first-order valence-electron chi connectivity index (χ1n) is 8.38. The number of pyridine rings is 1. The minimum atomic E-state index is -3.30. The Morgan fingerprint density at radius 3 is 2.44 bits per heavy atom. The number of carbonyl (C=O) groups is 1. The van der Waals surface area contributed by atoms with E-state index in [1.54, 1.807) is 25.1 Å². The van der Waals surface area contributed by atoms with Crippen molar-refractivity contribution in [2.45, 2.75) is 11.8 Å². The Kier molecular flexibility index (Phi) is 3.96. The Morgan fingerprint density at radius 1 is 1.07 bits per heavy atom. The summed E-state index contributed by atoms with van der Waals surface area (Å²) in [6, 6.07) is 15.5. The molecule has 27 heavy (non-hydrogen) atoms. The van der Waals surface area contributed by atoms with Gasteiger partial charge in [-0.25, -0.2) is 18.2 Å². The van der Waals surface area contributed by atoms with Crippen molar-refractivity contribution in [1.82, 2.24) is 9.97 Å². The number of carboxylic acid groups (broad SMARTS) is 1. The second-order valence-electron chi connectivity index (χ2n) is 6.18. The quantitative estimate of drug-likeness (QED) is 0.560. The predicted molar refractivity (Wildman–Crippen MR) is 104 cm³/mol. The van der Waals surface area contributed by atoms with Gasteiger partial charge in [-0.1, -0.05) is 37.3 Å². The second kappa shape index (κ2) is 6.21. The zero-order chi connectivity index (χ0) is 19.2. The van der Waals surface area contributed by atoms with E-state index in [9.17, 15) is 18.3 Å². The number of nitrogens with zero attached hydrogens (tertiary/aromatic N) is 1. The van der Waals surface area contributed by atoms with Crippen molar-refractivity contribution in [1.29, 1.82) is 0 Å². The number of carboxylic acids is 1. The number of aromatic amines is 1. The first-order chi connectivity index (χ1) is 12.9. The predicted octanol–water partition coefficient (Wildman–Crippen LogP) is 3.87. The summed E-state index contributed by atoms with van der Waals surface area (Å²) < 4.78 is 24.0. The molecule has 0 aliphatic carbocycles. The summed E-state index contributed by atoms with van der Waals surface area (Å²) in [6.45, 7) is 1.59. The number of H-pyrrole nitrogens is 1. The van der Waals surface area contributed by atoms with Crippen molar-refractivity contribution >= 4 is 37.6 Å². The van der Waals surface area contributed by atoms with Crippen molar-refractivity contribution in [3.05, 3.63) is 60.3 Å². The third-order valence-electron chi connectivity index (χ3n) is 4.58. The summed E-state index contributed by atoms with van der Waals surface area (Å²) in [6.07, 6.45) is 0. The molecule has 2 N–H and O–H groups in total. The minimum Gasteiger partial charge on any atom is -0.477 e. The molecule has 0 aliphatic heterocycles.